The Morgan fingerprint density at radius 1 is 1.46 bits per heavy atom. The summed E-state index contributed by atoms with van der Waals surface area (Å²) in [6.45, 7) is 1.27. The van der Waals surface area contributed by atoms with Gasteiger partial charge >= 0.3 is 12.1 Å². The molecule has 0 unspecified atom stereocenters. The minimum absolute atomic E-state index is 0.0609. The van der Waals surface area contributed by atoms with Crippen LogP contribution in [0.25, 0.3) is 0 Å². The van der Waals surface area contributed by atoms with Crippen LogP contribution >= 0.6 is 0 Å². The molecule has 1 aliphatic heterocycles. The van der Waals surface area contributed by atoms with Crippen LogP contribution < -0.4 is 0 Å². The molecule has 74 valence electrons. The third kappa shape index (κ3) is 1.89. The number of amides is 1. The average molecular weight is 189 g/mol. The molecule has 13 heavy (non-hydrogen) atoms. The standard InChI is InChI=1S/C7H11NO5/c1-7(13)2-4(5(9)10)8(3-7)6(11)12/h4,13H,2-3H2,1H3,(H,9,10)(H,11,12)/t4-,7+/m0/s1. The van der Waals surface area contributed by atoms with Crippen LogP contribution in [0.2, 0.25) is 0 Å². The molecule has 3 N–H and O–H groups in total. The Bertz CT molecular complexity index is 225. The number of aliphatic hydroxyl groups is 1. The van der Waals surface area contributed by atoms with E-state index in [2.05, 4.69) is 0 Å². The van der Waals surface area contributed by atoms with Gasteiger partial charge in [-0.2, -0.15) is 0 Å². The SMILES string of the molecule is C[C@@]1(O)C[C@@H](C(=O)O)N(C(=O)O)C1. The van der Waals surface area contributed by atoms with E-state index in [-0.39, 0.29) is 13.0 Å². The summed E-state index contributed by atoms with van der Waals surface area (Å²) in [7, 11) is 0. The first-order valence-corrected chi connectivity index (χ1v) is 3.78. The van der Waals surface area contributed by atoms with Crippen molar-refractivity contribution in [2.45, 2.75) is 25.0 Å². The van der Waals surface area contributed by atoms with E-state index >= 15 is 0 Å². The lowest BCUT2D eigenvalue weighted by molar-refractivity contribution is -0.141. The Hall–Kier alpha value is -1.30. The van der Waals surface area contributed by atoms with Crippen molar-refractivity contribution in [3.8, 4) is 0 Å². The van der Waals surface area contributed by atoms with E-state index < -0.39 is 23.7 Å². The molecule has 0 spiro atoms. The zero-order valence-electron chi connectivity index (χ0n) is 7.10. The quantitative estimate of drug-likeness (QED) is 0.520. The molecule has 0 aromatic heterocycles. The lowest BCUT2D eigenvalue weighted by Crippen LogP contribution is -2.40. The van der Waals surface area contributed by atoms with E-state index in [1.807, 2.05) is 0 Å². The van der Waals surface area contributed by atoms with Crippen molar-refractivity contribution in [1.29, 1.82) is 0 Å². The van der Waals surface area contributed by atoms with Gasteiger partial charge in [-0.1, -0.05) is 0 Å². The van der Waals surface area contributed by atoms with Crippen molar-refractivity contribution in [2.75, 3.05) is 6.54 Å². The van der Waals surface area contributed by atoms with Crippen molar-refractivity contribution < 1.29 is 24.9 Å². The second kappa shape index (κ2) is 2.88. The number of nitrogens with zero attached hydrogens (tertiary/aromatic N) is 1. The van der Waals surface area contributed by atoms with Crippen LogP contribution in [0.15, 0.2) is 0 Å². The third-order valence-corrected chi connectivity index (χ3v) is 2.05. The molecular weight excluding hydrogens is 178 g/mol. The fourth-order valence-electron chi connectivity index (χ4n) is 1.49. The van der Waals surface area contributed by atoms with Crippen LogP contribution in [0.3, 0.4) is 0 Å². The van der Waals surface area contributed by atoms with Gasteiger partial charge in [0.15, 0.2) is 0 Å². The predicted molar refractivity (Wildman–Crippen MR) is 41.4 cm³/mol. The van der Waals surface area contributed by atoms with E-state index in [1.54, 1.807) is 0 Å². The van der Waals surface area contributed by atoms with E-state index in [0.29, 0.717) is 0 Å². The molecule has 2 atom stereocenters. The van der Waals surface area contributed by atoms with Crippen LogP contribution in [0.4, 0.5) is 4.79 Å². The smallest absolute Gasteiger partial charge is 0.408 e. The number of hydrogen-bond donors (Lipinski definition) is 3. The van der Waals surface area contributed by atoms with Gasteiger partial charge in [0.05, 0.1) is 12.1 Å². The minimum atomic E-state index is -1.31. The Morgan fingerprint density at radius 3 is 2.31 bits per heavy atom. The monoisotopic (exact) mass is 189 g/mol. The maximum absolute atomic E-state index is 10.6. The fraction of sp³-hybridized carbons (Fsp3) is 0.714. The van der Waals surface area contributed by atoms with Gasteiger partial charge < -0.3 is 15.3 Å². The molecule has 6 nitrogen and oxygen atoms in total. The summed E-state index contributed by atoms with van der Waals surface area (Å²) in [5.41, 5.74) is -1.23. The topological polar surface area (TPSA) is 98.1 Å². The summed E-state index contributed by atoms with van der Waals surface area (Å²) in [6.07, 6.45) is -1.38. The van der Waals surface area contributed by atoms with Crippen molar-refractivity contribution in [1.82, 2.24) is 4.90 Å². The molecule has 0 bridgehead atoms. The van der Waals surface area contributed by atoms with E-state index in [4.69, 9.17) is 10.2 Å². The van der Waals surface area contributed by atoms with Gasteiger partial charge in [-0.25, -0.2) is 9.59 Å². The summed E-state index contributed by atoms with van der Waals surface area (Å²) in [6, 6.07) is -1.13. The van der Waals surface area contributed by atoms with Crippen molar-refractivity contribution in [2.24, 2.45) is 0 Å². The third-order valence-electron chi connectivity index (χ3n) is 2.05. The first-order chi connectivity index (χ1) is 5.83. The molecule has 6 heteroatoms. The molecule has 1 aliphatic rings. The van der Waals surface area contributed by atoms with Crippen LogP contribution in [-0.2, 0) is 4.79 Å². The number of aliphatic carboxylic acids is 1. The molecule has 0 saturated carbocycles. The Morgan fingerprint density at radius 2 is 2.00 bits per heavy atom. The number of carboxylic acid groups (broad SMARTS) is 2. The molecule has 1 saturated heterocycles. The first kappa shape index (κ1) is 9.79. The maximum Gasteiger partial charge on any atom is 0.408 e. The highest BCUT2D eigenvalue weighted by Crippen LogP contribution is 2.26. The van der Waals surface area contributed by atoms with E-state index in [9.17, 15) is 14.7 Å². The maximum atomic E-state index is 10.6. The van der Waals surface area contributed by atoms with Gasteiger partial charge in [0.1, 0.15) is 6.04 Å². The lowest BCUT2D eigenvalue weighted by Gasteiger charge is -2.17. The summed E-state index contributed by atoms with van der Waals surface area (Å²) < 4.78 is 0. The lowest BCUT2D eigenvalue weighted by atomic mass is 10.0. The second-order valence-corrected chi connectivity index (χ2v) is 3.47. The van der Waals surface area contributed by atoms with Crippen LogP contribution in [0.5, 0.6) is 0 Å². The van der Waals surface area contributed by atoms with Crippen LogP contribution in [0.1, 0.15) is 13.3 Å². The van der Waals surface area contributed by atoms with Gasteiger partial charge in [-0.15, -0.1) is 0 Å². The number of hydrogen-bond acceptors (Lipinski definition) is 3. The van der Waals surface area contributed by atoms with Gasteiger partial charge in [-0.3, -0.25) is 4.90 Å². The molecule has 1 rings (SSSR count). The highest BCUT2D eigenvalue weighted by molar-refractivity contribution is 5.80. The molecular formula is C7H11NO5. The number of β-amino-alcohol motifs (C(OH)–C–C–N with tert-alkyl or cyclic N) is 1. The predicted octanol–water partition coefficient (Wildman–Crippen LogP) is -0.426. The number of likely N-dealkylation sites (tertiary alicyclic amines) is 1. The largest absolute Gasteiger partial charge is 0.480 e. The first-order valence-electron chi connectivity index (χ1n) is 3.78. The van der Waals surface area contributed by atoms with E-state index in [1.165, 1.54) is 6.92 Å². The zero-order valence-corrected chi connectivity index (χ0v) is 7.10. The number of carboxylic acids is 1. The second-order valence-electron chi connectivity index (χ2n) is 3.47. The van der Waals surface area contributed by atoms with Crippen molar-refractivity contribution in [3.05, 3.63) is 0 Å². The van der Waals surface area contributed by atoms with Crippen LogP contribution in [0, 0.1) is 0 Å². The zero-order chi connectivity index (χ0) is 10.2. The Labute approximate surface area is 74.4 Å². The van der Waals surface area contributed by atoms with Gasteiger partial charge in [0.2, 0.25) is 0 Å². The molecule has 1 fully saturated rings. The van der Waals surface area contributed by atoms with Crippen LogP contribution in [-0.4, -0.2) is 50.5 Å². The Balaban J connectivity index is 2.83. The Kier molecular flexibility index (Phi) is 2.17. The molecule has 0 radical (unpaired) electrons. The molecule has 0 aliphatic carbocycles. The van der Waals surface area contributed by atoms with Gasteiger partial charge in [0.25, 0.3) is 0 Å². The molecule has 0 aromatic carbocycles. The molecule has 0 aromatic rings. The minimum Gasteiger partial charge on any atom is -0.480 e. The summed E-state index contributed by atoms with van der Waals surface area (Å²) in [4.78, 5) is 21.9. The highest BCUT2D eigenvalue weighted by atomic mass is 16.4. The van der Waals surface area contributed by atoms with Gasteiger partial charge in [0, 0.05) is 6.42 Å². The van der Waals surface area contributed by atoms with Crippen molar-refractivity contribution in [3.63, 3.8) is 0 Å². The average Bonchev–Trinajstić information content (AvgIpc) is 2.26. The number of carbonyl (C=O) groups is 2. The summed E-state index contributed by atoms with van der Waals surface area (Å²) in [5, 5.41) is 26.7. The van der Waals surface area contributed by atoms with E-state index in [0.717, 1.165) is 4.90 Å². The molecule has 1 heterocycles. The normalized spacial score (nSPS) is 33.4. The van der Waals surface area contributed by atoms with Gasteiger partial charge in [-0.05, 0) is 6.92 Å². The molecule has 1 amide bonds. The number of rotatable bonds is 1. The summed E-state index contributed by atoms with van der Waals surface area (Å²) >= 11 is 0. The fourth-order valence-corrected chi connectivity index (χ4v) is 1.49. The summed E-state index contributed by atoms with van der Waals surface area (Å²) in [5.74, 6) is -1.22. The highest BCUT2D eigenvalue weighted by Gasteiger charge is 2.45. The van der Waals surface area contributed by atoms with Crippen molar-refractivity contribution >= 4 is 12.1 Å².